The number of amides is 1. The molecule has 0 spiro atoms. The van der Waals surface area contributed by atoms with Gasteiger partial charge in [-0.05, 0) is 62.2 Å². The lowest BCUT2D eigenvalue weighted by atomic mass is 10.1. The summed E-state index contributed by atoms with van der Waals surface area (Å²) in [7, 11) is 0. The van der Waals surface area contributed by atoms with Gasteiger partial charge in [-0.15, -0.1) is 11.8 Å². The molecule has 0 radical (unpaired) electrons. The molecule has 2 aromatic rings. The van der Waals surface area contributed by atoms with Crippen molar-refractivity contribution in [3.63, 3.8) is 0 Å². The van der Waals surface area contributed by atoms with Crippen LogP contribution in [0.3, 0.4) is 0 Å². The standard InChI is InChI=1S/C20H24ClNO3S/c1-3-24-18-10-5-15(13-19(18)25-4-2)11-12-22-20(23)14-26-17-8-6-16(21)7-9-17/h5-10,13H,3-4,11-12,14H2,1-2H3,(H,22,23). The second-order valence-electron chi connectivity index (χ2n) is 5.49. The number of carbonyl (C=O) groups excluding carboxylic acids is 1. The Morgan fingerprint density at radius 1 is 1.04 bits per heavy atom. The number of benzene rings is 2. The van der Waals surface area contributed by atoms with Crippen LogP contribution in [0.2, 0.25) is 5.02 Å². The zero-order valence-corrected chi connectivity index (χ0v) is 16.7. The van der Waals surface area contributed by atoms with Crippen LogP contribution >= 0.6 is 23.4 Å². The van der Waals surface area contributed by atoms with Crippen molar-refractivity contribution in [1.29, 1.82) is 0 Å². The van der Waals surface area contributed by atoms with E-state index in [9.17, 15) is 4.79 Å². The molecule has 140 valence electrons. The first-order valence-corrected chi connectivity index (χ1v) is 10.0. The fraction of sp³-hybridized carbons (Fsp3) is 0.350. The fourth-order valence-electron chi connectivity index (χ4n) is 2.33. The monoisotopic (exact) mass is 393 g/mol. The Morgan fingerprint density at radius 2 is 1.73 bits per heavy atom. The first kappa shape index (κ1) is 20.5. The lowest BCUT2D eigenvalue weighted by Crippen LogP contribution is -2.27. The van der Waals surface area contributed by atoms with E-state index in [0.717, 1.165) is 28.4 Å². The predicted molar refractivity (Wildman–Crippen MR) is 108 cm³/mol. The number of ether oxygens (including phenoxy) is 2. The van der Waals surface area contributed by atoms with Crippen LogP contribution in [0.1, 0.15) is 19.4 Å². The summed E-state index contributed by atoms with van der Waals surface area (Å²) in [6, 6.07) is 13.4. The quantitative estimate of drug-likeness (QED) is 0.600. The van der Waals surface area contributed by atoms with E-state index in [2.05, 4.69) is 5.32 Å². The van der Waals surface area contributed by atoms with Crippen molar-refractivity contribution in [2.24, 2.45) is 0 Å². The summed E-state index contributed by atoms with van der Waals surface area (Å²) < 4.78 is 11.2. The van der Waals surface area contributed by atoms with E-state index in [1.807, 2.05) is 56.3 Å². The van der Waals surface area contributed by atoms with E-state index >= 15 is 0 Å². The van der Waals surface area contributed by atoms with Gasteiger partial charge in [0, 0.05) is 16.5 Å². The van der Waals surface area contributed by atoms with E-state index < -0.39 is 0 Å². The summed E-state index contributed by atoms with van der Waals surface area (Å²) in [6.45, 7) is 5.66. The van der Waals surface area contributed by atoms with Crippen LogP contribution in [0.5, 0.6) is 11.5 Å². The van der Waals surface area contributed by atoms with Crippen LogP contribution in [0, 0.1) is 0 Å². The third-order valence-electron chi connectivity index (χ3n) is 3.53. The first-order valence-electron chi connectivity index (χ1n) is 8.66. The van der Waals surface area contributed by atoms with Crippen molar-refractivity contribution in [1.82, 2.24) is 5.32 Å². The molecule has 0 aliphatic carbocycles. The average Bonchev–Trinajstić information content (AvgIpc) is 2.64. The summed E-state index contributed by atoms with van der Waals surface area (Å²) in [6.07, 6.45) is 0.740. The Balaban J connectivity index is 1.78. The van der Waals surface area contributed by atoms with Gasteiger partial charge in [-0.3, -0.25) is 4.79 Å². The zero-order valence-electron chi connectivity index (χ0n) is 15.1. The third-order valence-corrected chi connectivity index (χ3v) is 4.79. The molecule has 4 nitrogen and oxygen atoms in total. The molecule has 0 saturated carbocycles. The Hall–Kier alpha value is -1.85. The molecule has 26 heavy (non-hydrogen) atoms. The van der Waals surface area contributed by atoms with Gasteiger partial charge in [-0.25, -0.2) is 0 Å². The van der Waals surface area contributed by atoms with Gasteiger partial charge in [0.1, 0.15) is 0 Å². The van der Waals surface area contributed by atoms with Gasteiger partial charge in [-0.2, -0.15) is 0 Å². The fourth-order valence-corrected chi connectivity index (χ4v) is 3.18. The SMILES string of the molecule is CCOc1ccc(CCNC(=O)CSc2ccc(Cl)cc2)cc1OCC. The molecule has 0 fully saturated rings. The number of hydrogen-bond donors (Lipinski definition) is 1. The molecule has 0 atom stereocenters. The minimum Gasteiger partial charge on any atom is -0.490 e. The lowest BCUT2D eigenvalue weighted by Gasteiger charge is -2.12. The number of halogens is 1. The highest BCUT2D eigenvalue weighted by Crippen LogP contribution is 2.28. The molecular formula is C20H24ClNO3S. The molecule has 0 heterocycles. The highest BCUT2D eigenvalue weighted by Gasteiger charge is 2.07. The number of thioether (sulfide) groups is 1. The van der Waals surface area contributed by atoms with Crippen molar-refractivity contribution in [3.8, 4) is 11.5 Å². The normalized spacial score (nSPS) is 10.4. The minimum absolute atomic E-state index is 0.0147. The maximum Gasteiger partial charge on any atom is 0.230 e. The second kappa shape index (κ2) is 11.0. The van der Waals surface area contributed by atoms with Gasteiger partial charge in [0.2, 0.25) is 5.91 Å². The lowest BCUT2D eigenvalue weighted by molar-refractivity contribution is -0.118. The highest BCUT2D eigenvalue weighted by molar-refractivity contribution is 8.00. The molecule has 0 saturated heterocycles. The maximum atomic E-state index is 12.0. The summed E-state index contributed by atoms with van der Waals surface area (Å²) in [4.78, 5) is 13.0. The Morgan fingerprint density at radius 3 is 2.42 bits per heavy atom. The maximum absolute atomic E-state index is 12.0. The van der Waals surface area contributed by atoms with Crippen LogP contribution in [0.4, 0.5) is 0 Å². The van der Waals surface area contributed by atoms with Crippen LogP contribution < -0.4 is 14.8 Å². The average molecular weight is 394 g/mol. The molecule has 2 rings (SSSR count). The zero-order chi connectivity index (χ0) is 18.8. The van der Waals surface area contributed by atoms with E-state index in [0.29, 0.717) is 30.5 Å². The third kappa shape index (κ3) is 6.81. The van der Waals surface area contributed by atoms with Gasteiger partial charge in [0.05, 0.1) is 19.0 Å². The molecule has 6 heteroatoms. The second-order valence-corrected chi connectivity index (χ2v) is 6.97. The van der Waals surface area contributed by atoms with Crippen molar-refractivity contribution in [2.75, 3.05) is 25.5 Å². The van der Waals surface area contributed by atoms with Crippen molar-refractivity contribution in [3.05, 3.63) is 53.1 Å². The summed E-state index contributed by atoms with van der Waals surface area (Å²) in [5, 5.41) is 3.64. The molecule has 0 aliphatic heterocycles. The number of hydrogen-bond acceptors (Lipinski definition) is 4. The van der Waals surface area contributed by atoms with E-state index in [1.165, 1.54) is 11.8 Å². The molecule has 0 aliphatic rings. The van der Waals surface area contributed by atoms with Crippen molar-refractivity contribution in [2.45, 2.75) is 25.2 Å². The largest absolute Gasteiger partial charge is 0.490 e. The van der Waals surface area contributed by atoms with E-state index in [-0.39, 0.29) is 5.91 Å². The Labute approximate surface area is 164 Å². The van der Waals surface area contributed by atoms with Gasteiger partial charge < -0.3 is 14.8 Å². The van der Waals surface area contributed by atoms with Gasteiger partial charge in [-0.1, -0.05) is 17.7 Å². The van der Waals surface area contributed by atoms with Crippen LogP contribution in [0.15, 0.2) is 47.4 Å². The highest BCUT2D eigenvalue weighted by atomic mass is 35.5. The Kier molecular flexibility index (Phi) is 8.65. The van der Waals surface area contributed by atoms with E-state index in [1.54, 1.807) is 0 Å². The van der Waals surface area contributed by atoms with Crippen LogP contribution in [-0.4, -0.2) is 31.4 Å². The number of nitrogens with one attached hydrogen (secondary N) is 1. The van der Waals surface area contributed by atoms with Gasteiger partial charge in [0.25, 0.3) is 0 Å². The van der Waals surface area contributed by atoms with Gasteiger partial charge >= 0.3 is 0 Å². The summed E-state index contributed by atoms with van der Waals surface area (Å²) in [5.41, 5.74) is 1.10. The van der Waals surface area contributed by atoms with Gasteiger partial charge in [0.15, 0.2) is 11.5 Å². The molecule has 0 aromatic heterocycles. The number of rotatable bonds is 10. The molecule has 2 aromatic carbocycles. The smallest absolute Gasteiger partial charge is 0.230 e. The Bertz CT molecular complexity index is 707. The topological polar surface area (TPSA) is 47.6 Å². The summed E-state index contributed by atoms with van der Waals surface area (Å²) in [5.74, 6) is 1.90. The molecule has 0 unspecified atom stereocenters. The predicted octanol–water partition coefficient (Wildman–Crippen LogP) is 4.59. The first-order chi connectivity index (χ1) is 12.6. The molecule has 1 amide bonds. The van der Waals surface area contributed by atoms with Crippen molar-refractivity contribution < 1.29 is 14.3 Å². The van der Waals surface area contributed by atoms with Crippen LogP contribution in [-0.2, 0) is 11.2 Å². The molecular weight excluding hydrogens is 370 g/mol. The van der Waals surface area contributed by atoms with Crippen molar-refractivity contribution >= 4 is 29.3 Å². The van der Waals surface area contributed by atoms with E-state index in [4.69, 9.17) is 21.1 Å². The summed E-state index contributed by atoms with van der Waals surface area (Å²) >= 11 is 7.35. The molecule has 0 bridgehead atoms. The number of carbonyl (C=O) groups is 1. The minimum atomic E-state index is 0.0147. The van der Waals surface area contributed by atoms with Crippen LogP contribution in [0.25, 0.3) is 0 Å². The molecule has 1 N–H and O–H groups in total.